The highest BCUT2D eigenvalue weighted by atomic mass is 15.1. The molecule has 0 aromatic heterocycles. The van der Waals surface area contributed by atoms with Crippen LogP contribution in [0, 0.1) is 11.3 Å². The number of hydrogen-bond donors (Lipinski definition) is 0. The zero-order valence-electron chi connectivity index (χ0n) is 12.8. The Labute approximate surface area is 127 Å². The highest BCUT2D eigenvalue weighted by Crippen LogP contribution is 2.29. The maximum atomic E-state index is 9.26. The summed E-state index contributed by atoms with van der Waals surface area (Å²) in [5.41, 5.74) is 4.25. The van der Waals surface area contributed by atoms with Gasteiger partial charge in [0.05, 0.1) is 11.3 Å². The number of anilines is 1. The molecule has 1 aliphatic heterocycles. The SMILES string of the molecule is CC.N#Cc1ccc(-c2ccccc2)cc1N1CCCC1. The minimum absolute atomic E-state index is 0.779. The van der Waals surface area contributed by atoms with Crippen molar-refractivity contribution in [1.29, 1.82) is 5.26 Å². The molecule has 0 saturated carbocycles. The van der Waals surface area contributed by atoms with E-state index in [0.717, 1.165) is 24.3 Å². The molecule has 2 aromatic rings. The second-order valence-corrected chi connectivity index (χ2v) is 4.90. The first kappa shape index (κ1) is 15.1. The van der Waals surface area contributed by atoms with E-state index in [0.29, 0.717) is 0 Å². The molecule has 2 nitrogen and oxygen atoms in total. The standard InChI is InChI=1S/C17H16N2.C2H6/c18-13-16-9-8-15(14-6-2-1-3-7-14)12-17(16)19-10-4-5-11-19;1-2/h1-3,6-9,12H,4-5,10-11H2;1-2H3. The minimum atomic E-state index is 0.779. The van der Waals surface area contributed by atoms with Crippen LogP contribution in [0.15, 0.2) is 48.5 Å². The summed E-state index contributed by atoms with van der Waals surface area (Å²) < 4.78 is 0. The van der Waals surface area contributed by atoms with Crippen LogP contribution in [0.1, 0.15) is 32.3 Å². The van der Waals surface area contributed by atoms with E-state index in [9.17, 15) is 5.26 Å². The van der Waals surface area contributed by atoms with Crippen LogP contribution in [-0.4, -0.2) is 13.1 Å². The predicted molar refractivity (Wildman–Crippen MR) is 89.4 cm³/mol. The highest BCUT2D eigenvalue weighted by molar-refractivity contribution is 5.72. The van der Waals surface area contributed by atoms with Gasteiger partial charge < -0.3 is 4.90 Å². The Bertz CT molecular complexity index is 605. The van der Waals surface area contributed by atoms with Crippen LogP contribution in [0.2, 0.25) is 0 Å². The van der Waals surface area contributed by atoms with Crippen LogP contribution >= 0.6 is 0 Å². The fraction of sp³-hybridized carbons (Fsp3) is 0.316. The van der Waals surface area contributed by atoms with Crippen LogP contribution in [0.4, 0.5) is 5.69 Å². The molecule has 0 N–H and O–H groups in total. The van der Waals surface area contributed by atoms with Crippen molar-refractivity contribution in [3.8, 4) is 17.2 Å². The normalized spacial score (nSPS) is 13.3. The maximum Gasteiger partial charge on any atom is 0.101 e. The Kier molecular flexibility index (Phi) is 5.40. The van der Waals surface area contributed by atoms with Gasteiger partial charge in [-0.2, -0.15) is 5.26 Å². The maximum absolute atomic E-state index is 9.26. The van der Waals surface area contributed by atoms with Crippen LogP contribution in [-0.2, 0) is 0 Å². The molecule has 0 spiro atoms. The molecule has 0 atom stereocenters. The lowest BCUT2D eigenvalue weighted by molar-refractivity contribution is 0.949. The molecule has 1 heterocycles. The molecule has 1 aliphatic rings. The number of benzene rings is 2. The molecular formula is C19H22N2. The first-order valence-corrected chi connectivity index (χ1v) is 7.73. The first-order valence-electron chi connectivity index (χ1n) is 7.73. The van der Waals surface area contributed by atoms with Gasteiger partial charge in [0.25, 0.3) is 0 Å². The molecule has 0 unspecified atom stereocenters. The van der Waals surface area contributed by atoms with Crippen molar-refractivity contribution >= 4 is 5.69 Å². The van der Waals surface area contributed by atoms with Gasteiger partial charge in [0.2, 0.25) is 0 Å². The van der Waals surface area contributed by atoms with E-state index in [1.807, 2.05) is 44.2 Å². The second kappa shape index (κ2) is 7.50. The van der Waals surface area contributed by atoms with Gasteiger partial charge in [0, 0.05) is 13.1 Å². The molecule has 2 aromatic carbocycles. The molecule has 0 aliphatic carbocycles. The molecule has 2 heteroatoms. The van der Waals surface area contributed by atoms with Crippen molar-refractivity contribution in [2.24, 2.45) is 0 Å². The summed E-state index contributed by atoms with van der Waals surface area (Å²) in [6, 6.07) is 18.8. The van der Waals surface area contributed by atoms with Gasteiger partial charge in [-0.25, -0.2) is 0 Å². The summed E-state index contributed by atoms with van der Waals surface area (Å²) in [4.78, 5) is 2.32. The molecule has 108 valence electrons. The van der Waals surface area contributed by atoms with E-state index in [2.05, 4.69) is 29.2 Å². The van der Waals surface area contributed by atoms with Crippen LogP contribution in [0.25, 0.3) is 11.1 Å². The van der Waals surface area contributed by atoms with Crippen molar-refractivity contribution in [1.82, 2.24) is 0 Å². The topological polar surface area (TPSA) is 27.0 Å². The third-order valence-corrected chi connectivity index (χ3v) is 3.67. The van der Waals surface area contributed by atoms with E-state index in [1.54, 1.807) is 0 Å². The Morgan fingerprint density at radius 3 is 2.19 bits per heavy atom. The summed E-state index contributed by atoms with van der Waals surface area (Å²) in [7, 11) is 0. The predicted octanol–water partition coefficient (Wildman–Crippen LogP) is 4.85. The Morgan fingerprint density at radius 2 is 1.57 bits per heavy atom. The molecule has 0 radical (unpaired) electrons. The lowest BCUT2D eigenvalue weighted by atomic mass is 10.0. The number of rotatable bonds is 2. The minimum Gasteiger partial charge on any atom is -0.370 e. The molecule has 21 heavy (non-hydrogen) atoms. The largest absolute Gasteiger partial charge is 0.370 e. The van der Waals surface area contributed by atoms with Gasteiger partial charge in [0.15, 0.2) is 0 Å². The first-order chi connectivity index (χ1) is 10.4. The fourth-order valence-electron chi connectivity index (χ4n) is 2.66. The van der Waals surface area contributed by atoms with Gasteiger partial charge in [-0.1, -0.05) is 50.2 Å². The molecule has 3 rings (SSSR count). The number of nitrogens with zero attached hydrogens (tertiary/aromatic N) is 2. The average molecular weight is 278 g/mol. The van der Waals surface area contributed by atoms with Crippen molar-refractivity contribution in [2.75, 3.05) is 18.0 Å². The zero-order valence-corrected chi connectivity index (χ0v) is 12.8. The second-order valence-electron chi connectivity index (χ2n) is 4.90. The zero-order chi connectivity index (χ0) is 15.1. The van der Waals surface area contributed by atoms with Gasteiger partial charge in [-0.15, -0.1) is 0 Å². The Morgan fingerprint density at radius 1 is 0.905 bits per heavy atom. The third-order valence-electron chi connectivity index (χ3n) is 3.67. The summed E-state index contributed by atoms with van der Waals surface area (Å²) in [6.45, 7) is 6.12. The Hall–Kier alpha value is -2.27. The van der Waals surface area contributed by atoms with Crippen LogP contribution in [0.3, 0.4) is 0 Å². The fourth-order valence-corrected chi connectivity index (χ4v) is 2.66. The van der Waals surface area contributed by atoms with E-state index >= 15 is 0 Å². The van der Waals surface area contributed by atoms with Gasteiger partial charge in [-0.3, -0.25) is 0 Å². The van der Waals surface area contributed by atoms with E-state index in [4.69, 9.17) is 0 Å². The number of nitriles is 1. The quantitative estimate of drug-likeness (QED) is 0.785. The van der Waals surface area contributed by atoms with Gasteiger partial charge in [0.1, 0.15) is 6.07 Å². The summed E-state index contributed by atoms with van der Waals surface area (Å²) in [5.74, 6) is 0. The summed E-state index contributed by atoms with van der Waals surface area (Å²) in [6.07, 6.45) is 2.45. The number of hydrogen-bond acceptors (Lipinski definition) is 2. The average Bonchev–Trinajstić information content (AvgIpc) is 3.11. The van der Waals surface area contributed by atoms with E-state index < -0.39 is 0 Å². The third kappa shape index (κ3) is 3.44. The molecule has 1 fully saturated rings. The molecule has 0 bridgehead atoms. The summed E-state index contributed by atoms with van der Waals surface area (Å²) >= 11 is 0. The lowest BCUT2D eigenvalue weighted by Gasteiger charge is -2.20. The smallest absolute Gasteiger partial charge is 0.101 e. The van der Waals surface area contributed by atoms with Crippen LogP contribution < -0.4 is 4.90 Å². The van der Waals surface area contributed by atoms with E-state index in [1.165, 1.54) is 24.0 Å². The lowest BCUT2D eigenvalue weighted by Crippen LogP contribution is -2.18. The van der Waals surface area contributed by atoms with Crippen LogP contribution in [0.5, 0.6) is 0 Å². The van der Waals surface area contributed by atoms with Crippen molar-refractivity contribution in [2.45, 2.75) is 26.7 Å². The van der Waals surface area contributed by atoms with Crippen molar-refractivity contribution in [3.63, 3.8) is 0 Å². The van der Waals surface area contributed by atoms with Gasteiger partial charge in [-0.05, 0) is 36.1 Å². The Balaban J connectivity index is 0.000000774. The molecular weight excluding hydrogens is 256 g/mol. The molecule has 1 saturated heterocycles. The highest BCUT2D eigenvalue weighted by Gasteiger charge is 2.16. The van der Waals surface area contributed by atoms with E-state index in [-0.39, 0.29) is 0 Å². The summed E-state index contributed by atoms with van der Waals surface area (Å²) in [5, 5.41) is 9.26. The van der Waals surface area contributed by atoms with Crippen molar-refractivity contribution < 1.29 is 0 Å². The molecule has 0 amide bonds. The van der Waals surface area contributed by atoms with Crippen molar-refractivity contribution in [3.05, 3.63) is 54.1 Å². The monoisotopic (exact) mass is 278 g/mol. The van der Waals surface area contributed by atoms with Gasteiger partial charge >= 0.3 is 0 Å².